The first-order valence-electron chi connectivity index (χ1n) is 5.42. The predicted molar refractivity (Wildman–Crippen MR) is 66.4 cm³/mol. The Balaban J connectivity index is 3.84. The van der Waals surface area contributed by atoms with Crippen molar-refractivity contribution in [3.63, 3.8) is 0 Å². The second-order valence-electron chi connectivity index (χ2n) is 4.68. The van der Waals surface area contributed by atoms with Crippen LogP contribution in [-0.2, 0) is 9.53 Å². The van der Waals surface area contributed by atoms with Crippen molar-refractivity contribution >= 4 is 11.7 Å². The van der Waals surface area contributed by atoms with E-state index in [0.717, 1.165) is 5.71 Å². The van der Waals surface area contributed by atoms with E-state index < -0.39 is 0 Å². The SMILES string of the molecule is C=CCOC(=O)CCC(C)=NNC(C)(C)C. The molecule has 0 unspecified atom stereocenters. The van der Waals surface area contributed by atoms with E-state index in [1.807, 2.05) is 27.7 Å². The normalized spacial score (nSPS) is 12.1. The molecule has 16 heavy (non-hydrogen) atoms. The molecule has 0 aromatic carbocycles. The summed E-state index contributed by atoms with van der Waals surface area (Å²) in [6, 6.07) is 0. The van der Waals surface area contributed by atoms with Crippen molar-refractivity contribution < 1.29 is 9.53 Å². The molecule has 4 heteroatoms. The summed E-state index contributed by atoms with van der Waals surface area (Å²) in [7, 11) is 0. The number of hydrogen-bond acceptors (Lipinski definition) is 4. The van der Waals surface area contributed by atoms with Crippen LogP contribution >= 0.6 is 0 Å². The Morgan fingerprint density at radius 2 is 2.06 bits per heavy atom. The van der Waals surface area contributed by atoms with Crippen LogP contribution < -0.4 is 5.43 Å². The van der Waals surface area contributed by atoms with Crippen molar-refractivity contribution in [1.29, 1.82) is 0 Å². The molecular weight excluding hydrogens is 204 g/mol. The van der Waals surface area contributed by atoms with Crippen LogP contribution in [0.1, 0.15) is 40.5 Å². The summed E-state index contributed by atoms with van der Waals surface area (Å²) in [5.41, 5.74) is 3.85. The van der Waals surface area contributed by atoms with Crippen molar-refractivity contribution in [3.8, 4) is 0 Å². The van der Waals surface area contributed by atoms with Crippen LogP contribution in [0, 0.1) is 0 Å². The van der Waals surface area contributed by atoms with Crippen LogP contribution in [0.15, 0.2) is 17.8 Å². The molecule has 0 fully saturated rings. The van der Waals surface area contributed by atoms with Gasteiger partial charge in [0.25, 0.3) is 0 Å². The third-order valence-electron chi connectivity index (χ3n) is 1.64. The van der Waals surface area contributed by atoms with Gasteiger partial charge in [0.15, 0.2) is 0 Å². The molecule has 0 bridgehead atoms. The van der Waals surface area contributed by atoms with E-state index in [1.54, 1.807) is 6.08 Å². The zero-order valence-corrected chi connectivity index (χ0v) is 10.7. The minimum atomic E-state index is -0.217. The van der Waals surface area contributed by atoms with Crippen molar-refractivity contribution in [3.05, 3.63) is 12.7 Å². The number of nitrogens with one attached hydrogen (secondary N) is 1. The van der Waals surface area contributed by atoms with Gasteiger partial charge in [0.2, 0.25) is 0 Å². The molecule has 0 aromatic rings. The van der Waals surface area contributed by atoms with E-state index in [2.05, 4.69) is 17.1 Å². The number of rotatable bonds is 6. The van der Waals surface area contributed by atoms with Gasteiger partial charge >= 0.3 is 5.97 Å². The maximum Gasteiger partial charge on any atom is 0.306 e. The van der Waals surface area contributed by atoms with Gasteiger partial charge in [-0.1, -0.05) is 12.7 Å². The fourth-order valence-electron chi connectivity index (χ4n) is 0.826. The van der Waals surface area contributed by atoms with Crippen molar-refractivity contribution in [2.75, 3.05) is 6.61 Å². The van der Waals surface area contributed by atoms with Gasteiger partial charge in [-0.05, 0) is 34.1 Å². The summed E-state index contributed by atoms with van der Waals surface area (Å²) in [5, 5.41) is 4.19. The molecule has 0 aliphatic rings. The first-order valence-corrected chi connectivity index (χ1v) is 5.42. The summed E-state index contributed by atoms with van der Waals surface area (Å²) in [6.07, 6.45) is 2.52. The van der Waals surface area contributed by atoms with E-state index in [1.165, 1.54) is 0 Å². The lowest BCUT2D eigenvalue weighted by Gasteiger charge is -2.18. The number of hydrogen-bond donors (Lipinski definition) is 1. The van der Waals surface area contributed by atoms with Gasteiger partial charge in [-0.3, -0.25) is 4.79 Å². The van der Waals surface area contributed by atoms with Gasteiger partial charge in [0, 0.05) is 11.3 Å². The zero-order valence-electron chi connectivity index (χ0n) is 10.7. The molecule has 0 radical (unpaired) electrons. The van der Waals surface area contributed by atoms with Gasteiger partial charge in [-0.25, -0.2) is 0 Å². The van der Waals surface area contributed by atoms with E-state index >= 15 is 0 Å². The van der Waals surface area contributed by atoms with Gasteiger partial charge in [0.1, 0.15) is 6.61 Å². The fourth-order valence-corrected chi connectivity index (χ4v) is 0.826. The lowest BCUT2D eigenvalue weighted by Crippen LogP contribution is -2.32. The molecule has 0 aliphatic carbocycles. The average Bonchev–Trinajstić information content (AvgIpc) is 2.19. The minimum absolute atomic E-state index is 0.0510. The molecule has 0 saturated carbocycles. The van der Waals surface area contributed by atoms with Gasteiger partial charge < -0.3 is 10.2 Å². The van der Waals surface area contributed by atoms with Crippen LogP contribution in [0.3, 0.4) is 0 Å². The van der Waals surface area contributed by atoms with Crippen LogP contribution in [0.25, 0.3) is 0 Å². The van der Waals surface area contributed by atoms with Crippen LogP contribution in [0.5, 0.6) is 0 Å². The predicted octanol–water partition coefficient (Wildman–Crippen LogP) is 2.26. The molecule has 0 spiro atoms. The Morgan fingerprint density at radius 1 is 1.44 bits per heavy atom. The van der Waals surface area contributed by atoms with Gasteiger partial charge in [0.05, 0.1) is 6.42 Å². The number of carbonyl (C=O) groups excluding carboxylic acids is 1. The highest BCUT2D eigenvalue weighted by Crippen LogP contribution is 2.00. The number of esters is 1. The van der Waals surface area contributed by atoms with Gasteiger partial charge in [-0.2, -0.15) is 5.10 Å². The molecule has 0 aromatic heterocycles. The third kappa shape index (κ3) is 9.24. The molecule has 0 heterocycles. The number of carbonyl (C=O) groups is 1. The molecular formula is C12H22N2O2. The van der Waals surface area contributed by atoms with Crippen molar-refractivity contribution in [2.24, 2.45) is 5.10 Å². The lowest BCUT2D eigenvalue weighted by atomic mass is 10.1. The number of nitrogens with zero attached hydrogens (tertiary/aromatic N) is 1. The monoisotopic (exact) mass is 226 g/mol. The molecule has 0 saturated heterocycles. The molecule has 0 rings (SSSR count). The van der Waals surface area contributed by atoms with Crippen LogP contribution in [-0.4, -0.2) is 23.8 Å². The average molecular weight is 226 g/mol. The minimum Gasteiger partial charge on any atom is -0.461 e. The second kappa shape index (κ2) is 7.04. The van der Waals surface area contributed by atoms with E-state index in [9.17, 15) is 4.79 Å². The quantitative estimate of drug-likeness (QED) is 0.327. The summed E-state index contributed by atoms with van der Waals surface area (Å²) < 4.78 is 4.85. The number of hydrazone groups is 1. The summed E-state index contributed by atoms with van der Waals surface area (Å²) >= 11 is 0. The Bertz CT molecular complexity index is 265. The van der Waals surface area contributed by atoms with Crippen molar-refractivity contribution in [2.45, 2.75) is 46.1 Å². The first-order chi connectivity index (χ1) is 7.35. The molecule has 1 N–H and O–H groups in total. The Morgan fingerprint density at radius 3 is 2.56 bits per heavy atom. The smallest absolute Gasteiger partial charge is 0.306 e. The Kier molecular flexibility index (Phi) is 6.46. The lowest BCUT2D eigenvalue weighted by molar-refractivity contribution is -0.142. The highest BCUT2D eigenvalue weighted by atomic mass is 16.5. The topological polar surface area (TPSA) is 50.7 Å². The van der Waals surface area contributed by atoms with Crippen molar-refractivity contribution in [1.82, 2.24) is 5.43 Å². The van der Waals surface area contributed by atoms with E-state index in [0.29, 0.717) is 12.8 Å². The molecule has 92 valence electrons. The van der Waals surface area contributed by atoms with E-state index in [4.69, 9.17) is 4.74 Å². The standard InChI is InChI=1S/C12H22N2O2/c1-6-9-16-11(15)8-7-10(2)13-14-12(3,4)5/h6,14H,1,7-9H2,2-5H3. The van der Waals surface area contributed by atoms with Crippen LogP contribution in [0.2, 0.25) is 0 Å². The summed E-state index contributed by atoms with van der Waals surface area (Å²) in [4.78, 5) is 11.2. The highest BCUT2D eigenvalue weighted by Gasteiger charge is 2.07. The maximum atomic E-state index is 11.2. The molecule has 0 atom stereocenters. The Hall–Kier alpha value is -1.32. The molecule has 4 nitrogen and oxygen atoms in total. The second-order valence-corrected chi connectivity index (χ2v) is 4.68. The first kappa shape index (κ1) is 14.7. The summed E-state index contributed by atoms with van der Waals surface area (Å²) in [6.45, 7) is 11.7. The fraction of sp³-hybridized carbons (Fsp3) is 0.667. The highest BCUT2D eigenvalue weighted by molar-refractivity contribution is 5.85. The van der Waals surface area contributed by atoms with E-state index in [-0.39, 0.29) is 18.1 Å². The largest absolute Gasteiger partial charge is 0.461 e. The third-order valence-corrected chi connectivity index (χ3v) is 1.64. The van der Waals surface area contributed by atoms with Gasteiger partial charge in [-0.15, -0.1) is 0 Å². The Labute approximate surface area is 97.8 Å². The zero-order chi connectivity index (χ0) is 12.6. The molecule has 0 amide bonds. The summed E-state index contributed by atoms with van der Waals surface area (Å²) in [5.74, 6) is -0.217. The number of ether oxygens (including phenoxy) is 1. The maximum absolute atomic E-state index is 11.2. The molecule has 0 aliphatic heterocycles. The van der Waals surface area contributed by atoms with Crippen LogP contribution in [0.4, 0.5) is 0 Å².